The summed E-state index contributed by atoms with van der Waals surface area (Å²) in [5.74, 6) is -1.73. The summed E-state index contributed by atoms with van der Waals surface area (Å²) in [6.45, 7) is 0. The number of rotatable bonds is 8. The Kier molecular flexibility index (Phi) is 31.2. The summed E-state index contributed by atoms with van der Waals surface area (Å²) < 4.78 is 0. The van der Waals surface area contributed by atoms with Gasteiger partial charge in [-0.3, -0.25) is 9.59 Å². The third-order valence-electron chi connectivity index (χ3n) is 7.97. The molecule has 6 nitrogen and oxygen atoms in total. The van der Waals surface area contributed by atoms with Gasteiger partial charge in [0.15, 0.2) is 0 Å². The van der Waals surface area contributed by atoms with Gasteiger partial charge in [-0.1, -0.05) is 108 Å². The molecular formula is C48H40Fe2N2NiO4P2S2-2. The number of carboxylic acid groups (broad SMARTS) is 2. The van der Waals surface area contributed by atoms with Crippen LogP contribution in [0.4, 0.5) is 0 Å². The molecular weight excluding hydrogens is 965 g/mol. The molecule has 0 bridgehead atoms. The number of aromatic carboxylic acids is 2. The van der Waals surface area contributed by atoms with E-state index in [4.69, 9.17) is 21.0 Å². The summed E-state index contributed by atoms with van der Waals surface area (Å²) in [5.41, 5.74) is 0.704. The largest absolute Gasteiger partial charge is 2.00 e. The van der Waals surface area contributed by atoms with Gasteiger partial charge in [0.1, 0.15) is 0 Å². The zero-order valence-corrected chi connectivity index (χ0v) is 39.1. The number of carbonyl (C=O) groups is 2. The van der Waals surface area contributed by atoms with Crippen LogP contribution in [0.5, 0.6) is 0 Å². The second-order valence-electron chi connectivity index (χ2n) is 11.7. The standard InChI is InChI=1S/2C17H15P.2C6H5O2.2CNS.2Fe.Ni/c2*1-3-9-15(10-4-1)18(17-13-7-8-14-17)16-11-5-2-6-12-16;2*7-6(8)5-3-1-2-4-5;2*2-1-3;;;/h2*1-14,18H;2*1-4H,(H,7,8);;;;;/q;;4*-1;;;+2. The molecule has 0 aromatic heterocycles. The second kappa shape index (κ2) is 33.9. The molecule has 0 aliphatic heterocycles. The predicted octanol–water partition coefficient (Wildman–Crippen LogP) is 9.31. The molecule has 8 aromatic rings. The Morgan fingerprint density at radius 1 is 0.410 bits per heavy atom. The van der Waals surface area contributed by atoms with Crippen molar-refractivity contribution in [2.75, 3.05) is 0 Å². The molecule has 0 heterocycles. The first-order chi connectivity index (χ1) is 28.3. The topological polar surface area (TPSA) is 119 Å². The summed E-state index contributed by atoms with van der Waals surface area (Å²) in [4.78, 5) is 20.1. The van der Waals surface area contributed by atoms with E-state index in [1.165, 1.54) is 42.1 Å². The van der Waals surface area contributed by atoms with Crippen LogP contribution in [0.15, 0.2) is 218 Å². The number of nitrogens with zero attached hydrogens (tertiary/aromatic N) is 2. The maximum Gasteiger partial charge on any atom is 2.00 e. The Morgan fingerprint density at radius 2 is 0.590 bits per heavy atom. The van der Waals surface area contributed by atoms with Crippen molar-refractivity contribution in [1.29, 1.82) is 0 Å². The number of hydrogen-bond donors (Lipinski definition) is 2. The van der Waals surface area contributed by atoms with Crippen LogP contribution in [0.2, 0.25) is 0 Å². The molecule has 0 atom stereocenters. The normalized spacial score (nSPS) is 8.95. The fourth-order valence-corrected chi connectivity index (χ4v) is 10.7. The number of thiocarbonyl (C=S) groups is 2. The van der Waals surface area contributed by atoms with Crippen molar-refractivity contribution >= 4 is 94.4 Å². The van der Waals surface area contributed by atoms with E-state index in [-0.39, 0.29) is 50.6 Å². The Hall–Kier alpha value is -4.79. The van der Waals surface area contributed by atoms with Gasteiger partial charge in [-0.05, 0) is 59.1 Å². The van der Waals surface area contributed by atoms with Crippen LogP contribution in [-0.4, -0.2) is 32.5 Å². The van der Waals surface area contributed by atoms with Crippen molar-refractivity contribution in [1.82, 2.24) is 0 Å². The molecule has 2 N–H and O–H groups in total. The van der Waals surface area contributed by atoms with E-state index >= 15 is 0 Å². The third kappa shape index (κ3) is 20.6. The molecule has 8 rings (SSSR count). The van der Waals surface area contributed by atoms with Crippen molar-refractivity contribution in [2.45, 2.75) is 0 Å². The van der Waals surface area contributed by atoms with Crippen LogP contribution in [-0.2, 0) is 50.6 Å². The van der Waals surface area contributed by atoms with Gasteiger partial charge >= 0.3 is 16.5 Å². The van der Waals surface area contributed by atoms with Crippen molar-refractivity contribution in [3.63, 3.8) is 0 Å². The minimum absolute atomic E-state index is 0. The molecule has 0 spiro atoms. The number of hydrogen-bond acceptors (Lipinski definition) is 4. The zero-order chi connectivity index (χ0) is 41.8. The molecule has 0 fully saturated rings. The number of isothiocyanates is 2. The fourth-order valence-electron chi connectivity index (χ4n) is 5.53. The second-order valence-corrected chi connectivity index (χ2v) is 17.0. The molecule has 0 saturated heterocycles. The molecule has 8 aromatic carbocycles. The fraction of sp³-hybridized carbons (Fsp3) is 0. The molecule has 13 heteroatoms. The van der Waals surface area contributed by atoms with Gasteiger partial charge in [0.25, 0.3) is 11.9 Å². The third-order valence-corrected chi connectivity index (χ3v) is 13.4. The Balaban J connectivity index is 0.000000781. The number of benzene rings is 4. The van der Waals surface area contributed by atoms with Crippen LogP contribution in [0.3, 0.4) is 0 Å². The quantitative estimate of drug-likeness (QED) is 0.0516. The first kappa shape index (κ1) is 56.2. The first-order valence-electron chi connectivity index (χ1n) is 17.7. The van der Waals surface area contributed by atoms with E-state index in [9.17, 15) is 9.59 Å². The van der Waals surface area contributed by atoms with Crippen LogP contribution >= 0.6 is 40.3 Å². The van der Waals surface area contributed by atoms with Crippen LogP contribution in [0, 0.1) is 0 Å². The summed E-state index contributed by atoms with van der Waals surface area (Å²) in [7, 11) is -1.67. The maximum atomic E-state index is 10.1. The monoisotopic (exact) mass is 1000 g/mol. The summed E-state index contributed by atoms with van der Waals surface area (Å²) in [6, 6.07) is 73.9. The minimum atomic E-state index is -0.866. The van der Waals surface area contributed by atoms with Crippen LogP contribution in [0.25, 0.3) is 10.8 Å². The van der Waals surface area contributed by atoms with E-state index in [1.807, 2.05) is 0 Å². The molecule has 61 heavy (non-hydrogen) atoms. The summed E-state index contributed by atoms with van der Waals surface area (Å²) in [6.07, 6.45) is 0. The van der Waals surface area contributed by atoms with Crippen molar-refractivity contribution < 1.29 is 70.4 Å². The molecule has 0 radical (unpaired) electrons. The van der Waals surface area contributed by atoms with Crippen molar-refractivity contribution in [3.05, 3.63) is 240 Å². The van der Waals surface area contributed by atoms with Gasteiger partial charge in [0.2, 0.25) is 0 Å². The molecule has 0 amide bonds. The zero-order valence-electron chi connectivity index (χ0n) is 32.2. The van der Waals surface area contributed by atoms with Crippen LogP contribution < -0.4 is 31.8 Å². The van der Waals surface area contributed by atoms with Gasteiger partial charge in [-0.2, -0.15) is 34.6 Å². The van der Waals surface area contributed by atoms with E-state index < -0.39 is 27.8 Å². The Bertz CT molecular complexity index is 2090. The molecule has 316 valence electrons. The predicted molar refractivity (Wildman–Crippen MR) is 254 cm³/mol. The molecule has 0 saturated carbocycles. The van der Waals surface area contributed by atoms with Gasteiger partial charge < -0.3 is 21.0 Å². The van der Waals surface area contributed by atoms with Gasteiger partial charge in [0.05, 0.1) is 21.2 Å². The summed E-state index contributed by atoms with van der Waals surface area (Å²) in [5, 5.41) is 42.2. The maximum absolute atomic E-state index is 10.1. The Labute approximate surface area is 402 Å². The first-order valence-corrected chi connectivity index (χ1v) is 21.5. The minimum Gasteiger partial charge on any atom is -0.753 e. The average molecular weight is 1010 g/mol. The van der Waals surface area contributed by atoms with Gasteiger partial charge in [0, 0.05) is 50.0 Å². The van der Waals surface area contributed by atoms with E-state index in [0.29, 0.717) is 11.1 Å². The molecule has 0 unspecified atom stereocenters. The van der Waals surface area contributed by atoms with Crippen molar-refractivity contribution in [2.24, 2.45) is 0 Å². The van der Waals surface area contributed by atoms with Gasteiger partial charge in [-0.25, -0.2) is 48.5 Å². The SMILES string of the molecule is O=C(O)[c-]1cccc1.O=C(O)[c-]1cccc1.[Fe].[Fe].[N-]=C=S.[N-]=C=S.[Ni+2].c1ccc([PH+](c2ccccc2)[c-]2cccc2)cc1.c1ccc([PH+](c2ccccc2)[c-]2cccc2)cc1. The number of carboxylic acids is 2. The van der Waals surface area contributed by atoms with E-state index in [1.54, 1.807) is 48.5 Å². The smallest absolute Gasteiger partial charge is 0.753 e. The van der Waals surface area contributed by atoms with E-state index in [0.717, 1.165) is 0 Å². The molecule has 0 aliphatic rings. The van der Waals surface area contributed by atoms with E-state index in [2.05, 4.69) is 194 Å². The van der Waals surface area contributed by atoms with Crippen molar-refractivity contribution in [3.8, 4) is 0 Å². The van der Waals surface area contributed by atoms with Crippen LogP contribution in [0.1, 0.15) is 20.7 Å². The van der Waals surface area contributed by atoms with Gasteiger partial charge in [-0.15, -0.1) is 24.3 Å². The summed E-state index contributed by atoms with van der Waals surface area (Å²) >= 11 is 7.40. The average Bonchev–Trinajstić information content (AvgIpc) is 4.11. The molecule has 0 aliphatic carbocycles. The Morgan fingerprint density at radius 3 is 0.754 bits per heavy atom.